The quantitative estimate of drug-likeness (QED) is 0.282. The largest absolute Gasteiger partial charge is 0.496 e. The van der Waals surface area contributed by atoms with Gasteiger partial charge in [-0.15, -0.1) is 20.6 Å². The topological polar surface area (TPSA) is 99.2 Å². The minimum atomic E-state index is -0.418. The van der Waals surface area contributed by atoms with Crippen molar-refractivity contribution >= 4 is 47.7 Å². The molecule has 0 saturated heterocycles. The number of hydrogen-bond acceptors (Lipinski definition) is 8. The van der Waals surface area contributed by atoms with Crippen molar-refractivity contribution in [3.63, 3.8) is 0 Å². The summed E-state index contributed by atoms with van der Waals surface area (Å²) in [7, 11) is 6.19. The molecule has 1 N–H and O–H groups in total. The second-order valence-electron chi connectivity index (χ2n) is 9.62. The van der Waals surface area contributed by atoms with Crippen LogP contribution in [0.2, 0.25) is 0 Å². The third-order valence-corrected chi connectivity index (χ3v) is 8.40. The van der Waals surface area contributed by atoms with Crippen LogP contribution in [0.15, 0.2) is 59.0 Å². The van der Waals surface area contributed by atoms with E-state index < -0.39 is 6.04 Å². The molecule has 0 spiro atoms. The number of thiazole rings is 1. The van der Waals surface area contributed by atoms with Gasteiger partial charge in [0.1, 0.15) is 23.6 Å². The first kappa shape index (κ1) is 26.1. The Labute approximate surface area is 237 Å². The van der Waals surface area contributed by atoms with Gasteiger partial charge in [0.25, 0.3) is 5.56 Å². The first-order valence-electron chi connectivity index (χ1n) is 12.7. The van der Waals surface area contributed by atoms with Crippen LogP contribution in [0.4, 0.5) is 5.82 Å². The van der Waals surface area contributed by atoms with E-state index in [2.05, 4.69) is 24.5 Å². The second kappa shape index (κ2) is 10.1. The summed E-state index contributed by atoms with van der Waals surface area (Å²) in [5, 5.41) is 12.0. The lowest BCUT2D eigenvalue weighted by molar-refractivity contribution is 0.412. The van der Waals surface area contributed by atoms with Gasteiger partial charge in [-0.25, -0.2) is 19.6 Å². The molecule has 4 aromatic heterocycles. The molecule has 6 rings (SSSR count). The average molecular weight is 570 g/mol. The number of aryl methyl sites for hydroxylation is 2. The van der Waals surface area contributed by atoms with E-state index in [-0.39, 0.29) is 5.56 Å². The molecule has 6 aromatic rings. The maximum absolute atomic E-state index is 14.0. The van der Waals surface area contributed by atoms with Gasteiger partial charge in [-0.2, -0.15) is 5.10 Å². The molecule has 0 aliphatic carbocycles. The maximum atomic E-state index is 14.0. The number of nitrogens with one attached hydrogen (secondary N) is 1. The number of ether oxygens (including phenoxy) is 1. The number of methoxy groups -OCH3 is 1. The Morgan fingerprint density at radius 2 is 1.93 bits per heavy atom. The van der Waals surface area contributed by atoms with Crippen molar-refractivity contribution in [3.8, 4) is 28.1 Å². The van der Waals surface area contributed by atoms with Crippen LogP contribution in [0.1, 0.15) is 29.9 Å². The van der Waals surface area contributed by atoms with Crippen LogP contribution in [0.5, 0.6) is 5.75 Å². The molecule has 2 aromatic carbocycles. The molecule has 1 unspecified atom stereocenters. The van der Waals surface area contributed by atoms with Gasteiger partial charge in [-0.1, -0.05) is 18.2 Å². The Hall–Kier alpha value is -4.14. The molecule has 0 aliphatic heterocycles. The minimum absolute atomic E-state index is 0.103. The Balaban J connectivity index is 1.64. The molecule has 9 nitrogen and oxygen atoms in total. The van der Waals surface area contributed by atoms with Gasteiger partial charge in [0.15, 0.2) is 10.6 Å². The molecule has 40 heavy (non-hydrogen) atoms. The fraction of sp³-hybridized carbons (Fsp3) is 0.207. The molecule has 202 valence electrons. The highest BCUT2D eigenvalue weighted by Crippen LogP contribution is 2.37. The third kappa shape index (κ3) is 4.15. The van der Waals surface area contributed by atoms with Crippen LogP contribution in [0.3, 0.4) is 0 Å². The average Bonchev–Trinajstić information content (AvgIpc) is 3.53. The molecule has 0 fully saturated rings. The van der Waals surface area contributed by atoms with Gasteiger partial charge < -0.3 is 10.1 Å². The Morgan fingerprint density at radius 3 is 2.65 bits per heavy atom. The lowest BCUT2D eigenvalue weighted by Gasteiger charge is -2.17. The fourth-order valence-electron chi connectivity index (χ4n) is 5.14. The number of anilines is 1. The molecule has 0 amide bonds. The number of nitrogens with zero attached hydrogens (tertiary/aromatic N) is 6. The van der Waals surface area contributed by atoms with Crippen molar-refractivity contribution in [2.75, 3.05) is 19.5 Å². The van der Waals surface area contributed by atoms with Gasteiger partial charge in [-0.05, 0) is 61.5 Å². The first-order chi connectivity index (χ1) is 19.3. The predicted octanol–water partition coefficient (Wildman–Crippen LogP) is 5.01. The highest BCUT2D eigenvalue weighted by molar-refractivity contribution is 7.27. The fourth-order valence-corrected chi connectivity index (χ4v) is 6.30. The van der Waals surface area contributed by atoms with Gasteiger partial charge >= 0.3 is 0 Å². The Kier molecular flexibility index (Phi) is 6.60. The number of aromatic nitrogens is 6. The van der Waals surface area contributed by atoms with Crippen LogP contribution in [-0.4, -0.2) is 43.3 Å². The SMILES string of the molecule is CNc1ncnc2c1c(-c1ccc(OC)c(C)c1)nn2[C@@H](C)c1nc2scc(C)n2c(=O)c1-c1cccc(P)c1. The van der Waals surface area contributed by atoms with Crippen LogP contribution in [0.25, 0.3) is 38.4 Å². The highest BCUT2D eigenvalue weighted by Gasteiger charge is 2.27. The summed E-state index contributed by atoms with van der Waals surface area (Å²) >= 11 is 1.45. The van der Waals surface area contributed by atoms with Crippen LogP contribution >= 0.6 is 20.6 Å². The standard InChI is InChI=1S/C29H28N7O2PS/c1-15-11-19(9-10-21(15)38-5)25-23-26(30-4)31-14-32-27(23)36(34-25)17(3)24-22(18-7-6-8-20(39)12-18)28(37)35-16(2)13-40-29(35)33-24/h6-14,17H,39H2,1-5H3,(H,30,31,32)/t17-/m0/s1. The summed E-state index contributed by atoms with van der Waals surface area (Å²) in [6.07, 6.45) is 1.52. The normalized spacial score (nSPS) is 12.2. The molecule has 0 saturated carbocycles. The van der Waals surface area contributed by atoms with E-state index in [9.17, 15) is 4.79 Å². The highest BCUT2D eigenvalue weighted by atomic mass is 32.1. The number of fused-ring (bicyclic) bond motifs is 2. The van der Waals surface area contributed by atoms with Crippen molar-refractivity contribution in [1.82, 2.24) is 29.1 Å². The van der Waals surface area contributed by atoms with Crippen molar-refractivity contribution in [2.45, 2.75) is 26.8 Å². The van der Waals surface area contributed by atoms with E-state index in [1.807, 2.05) is 80.3 Å². The van der Waals surface area contributed by atoms with Gasteiger partial charge in [0.2, 0.25) is 0 Å². The maximum Gasteiger partial charge on any atom is 0.266 e. The van der Waals surface area contributed by atoms with Gasteiger partial charge in [0.05, 0.1) is 29.8 Å². The number of benzene rings is 2. The summed E-state index contributed by atoms with van der Waals surface area (Å²) in [4.78, 5) is 28.8. The summed E-state index contributed by atoms with van der Waals surface area (Å²) in [6.45, 7) is 5.93. The van der Waals surface area contributed by atoms with E-state index in [0.717, 1.165) is 44.5 Å². The van der Waals surface area contributed by atoms with Crippen LogP contribution in [-0.2, 0) is 0 Å². The van der Waals surface area contributed by atoms with Gasteiger partial charge in [0, 0.05) is 23.7 Å². The predicted molar refractivity (Wildman–Crippen MR) is 164 cm³/mol. The van der Waals surface area contributed by atoms with Gasteiger partial charge in [-0.3, -0.25) is 9.20 Å². The van der Waals surface area contributed by atoms with E-state index >= 15 is 0 Å². The third-order valence-electron chi connectivity index (χ3n) is 7.10. The molecule has 0 aliphatic rings. The minimum Gasteiger partial charge on any atom is -0.496 e. The molecule has 0 radical (unpaired) electrons. The van der Waals surface area contributed by atoms with E-state index in [1.54, 1.807) is 11.5 Å². The first-order valence-corrected chi connectivity index (χ1v) is 14.2. The van der Waals surface area contributed by atoms with Crippen molar-refractivity contribution < 1.29 is 4.74 Å². The molecule has 11 heteroatoms. The number of hydrogen-bond donors (Lipinski definition) is 1. The smallest absolute Gasteiger partial charge is 0.266 e. The Bertz CT molecular complexity index is 1980. The van der Waals surface area contributed by atoms with Crippen LogP contribution < -0.4 is 20.9 Å². The van der Waals surface area contributed by atoms with E-state index in [4.69, 9.17) is 14.8 Å². The molecular formula is C29H28N7O2PS. The monoisotopic (exact) mass is 569 g/mol. The van der Waals surface area contributed by atoms with Crippen LogP contribution in [0, 0.1) is 13.8 Å². The number of rotatable bonds is 6. The zero-order valence-electron chi connectivity index (χ0n) is 22.8. The summed E-state index contributed by atoms with van der Waals surface area (Å²) < 4.78 is 9.01. The lowest BCUT2D eigenvalue weighted by Crippen LogP contribution is -2.23. The summed E-state index contributed by atoms with van der Waals surface area (Å²) in [6, 6.07) is 13.4. The summed E-state index contributed by atoms with van der Waals surface area (Å²) in [5.74, 6) is 1.47. The van der Waals surface area contributed by atoms with E-state index in [0.29, 0.717) is 27.7 Å². The molecular weight excluding hydrogens is 541 g/mol. The summed E-state index contributed by atoms with van der Waals surface area (Å²) in [5.41, 5.74) is 6.02. The second-order valence-corrected chi connectivity index (χ2v) is 11.1. The van der Waals surface area contributed by atoms with E-state index in [1.165, 1.54) is 17.7 Å². The van der Waals surface area contributed by atoms with Crippen molar-refractivity contribution in [1.29, 1.82) is 0 Å². The molecule has 2 atom stereocenters. The van der Waals surface area contributed by atoms with Crippen molar-refractivity contribution in [3.05, 3.63) is 81.5 Å². The van der Waals surface area contributed by atoms with Crippen molar-refractivity contribution in [2.24, 2.45) is 0 Å². The zero-order valence-corrected chi connectivity index (χ0v) is 24.7. The lowest BCUT2D eigenvalue weighted by atomic mass is 10.0. The molecule has 0 bridgehead atoms. The Morgan fingerprint density at radius 1 is 1.10 bits per heavy atom. The molecule has 4 heterocycles. The zero-order chi connectivity index (χ0) is 28.1.